The van der Waals surface area contributed by atoms with Crippen LogP contribution in [0.2, 0.25) is 0 Å². The maximum atomic E-state index is 13.4. The van der Waals surface area contributed by atoms with E-state index in [1.54, 1.807) is 6.07 Å². The summed E-state index contributed by atoms with van der Waals surface area (Å²) in [5, 5.41) is 0.923. The lowest BCUT2D eigenvalue weighted by Gasteiger charge is -2.23. The SMILES string of the molecule is CCCC1=NC(=O)c2cc3c4ccccc4nc-3c(-c3ccc4c(c3)OCO4)n2C1=O. The van der Waals surface area contributed by atoms with Crippen molar-refractivity contribution in [3.8, 4) is 34.0 Å². The molecule has 31 heavy (non-hydrogen) atoms. The summed E-state index contributed by atoms with van der Waals surface area (Å²) in [5.74, 6) is 0.526. The fraction of sp³-hybridized carbons (Fsp3) is 0.167. The monoisotopic (exact) mass is 411 g/mol. The van der Waals surface area contributed by atoms with E-state index < -0.39 is 5.91 Å². The zero-order valence-corrected chi connectivity index (χ0v) is 16.7. The van der Waals surface area contributed by atoms with Gasteiger partial charge in [-0.05, 0) is 36.8 Å². The molecule has 0 N–H and O–H groups in total. The number of hydrogen-bond donors (Lipinski definition) is 0. The van der Waals surface area contributed by atoms with Crippen molar-refractivity contribution in [3.05, 3.63) is 54.2 Å². The topological polar surface area (TPSA) is 82.8 Å². The zero-order valence-electron chi connectivity index (χ0n) is 16.7. The molecule has 0 bridgehead atoms. The first kappa shape index (κ1) is 17.8. The van der Waals surface area contributed by atoms with Crippen LogP contribution in [0.3, 0.4) is 0 Å². The number of pyridine rings is 1. The van der Waals surface area contributed by atoms with Crippen molar-refractivity contribution in [1.82, 2.24) is 9.55 Å². The maximum absolute atomic E-state index is 13.4. The Labute approximate surface area is 177 Å². The number of amides is 1. The van der Waals surface area contributed by atoms with Gasteiger partial charge in [0.05, 0.1) is 16.9 Å². The number of aromatic nitrogens is 2. The first-order valence-corrected chi connectivity index (χ1v) is 10.2. The van der Waals surface area contributed by atoms with Gasteiger partial charge in [-0.25, -0.2) is 9.98 Å². The van der Waals surface area contributed by atoms with E-state index in [2.05, 4.69) is 4.99 Å². The lowest BCUT2D eigenvalue weighted by molar-refractivity contribution is 0.0919. The van der Waals surface area contributed by atoms with Crippen molar-refractivity contribution < 1.29 is 19.1 Å². The second kappa shape index (κ2) is 6.50. The van der Waals surface area contributed by atoms with Gasteiger partial charge in [-0.3, -0.25) is 14.2 Å². The van der Waals surface area contributed by atoms with Crippen LogP contribution in [-0.4, -0.2) is 33.9 Å². The van der Waals surface area contributed by atoms with Crippen LogP contribution in [0.5, 0.6) is 11.5 Å². The predicted octanol–water partition coefficient (Wildman–Crippen LogP) is 4.57. The minimum absolute atomic E-state index is 0.150. The molecule has 0 saturated carbocycles. The first-order chi connectivity index (χ1) is 15.2. The molecule has 4 aliphatic rings. The van der Waals surface area contributed by atoms with E-state index in [1.165, 1.54) is 4.57 Å². The Balaban J connectivity index is 1.71. The molecule has 2 aromatic rings. The van der Waals surface area contributed by atoms with Crippen molar-refractivity contribution in [3.63, 3.8) is 0 Å². The predicted molar refractivity (Wildman–Crippen MR) is 115 cm³/mol. The molecule has 0 aromatic heterocycles. The van der Waals surface area contributed by atoms with E-state index in [4.69, 9.17) is 14.5 Å². The normalized spacial score (nSPS) is 14.9. The van der Waals surface area contributed by atoms with Crippen molar-refractivity contribution in [2.75, 3.05) is 6.79 Å². The molecule has 2 aromatic carbocycles. The molecule has 7 heteroatoms. The van der Waals surface area contributed by atoms with Gasteiger partial charge < -0.3 is 9.47 Å². The molecule has 0 aliphatic carbocycles. The third-order valence-corrected chi connectivity index (χ3v) is 5.69. The molecule has 0 atom stereocenters. The summed E-state index contributed by atoms with van der Waals surface area (Å²) in [6.07, 6.45) is 1.15. The zero-order chi connectivity index (χ0) is 21.1. The van der Waals surface area contributed by atoms with Gasteiger partial charge in [0, 0.05) is 16.5 Å². The number of rotatable bonds is 3. The molecule has 152 valence electrons. The summed E-state index contributed by atoms with van der Waals surface area (Å²) in [5.41, 5.74) is 4.05. The van der Waals surface area contributed by atoms with E-state index in [-0.39, 0.29) is 24.1 Å². The number of ether oxygens (including phenoxy) is 2. The molecule has 0 unspecified atom stereocenters. The fourth-order valence-corrected chi connectivity index (χ4v) is 4.30. The largest absolute Gasteiger partial charge is 0.454 e. The van der Waals surface area contributed by atoms with Crippen LogP contribution in [0.15, 0.2) is 53.5 Å². The quantitative estimate of drug-likeness (QED) is 0.493. The summed E-state index contributed by atoms with van der Waals surface area (Å²) in [4.78, 5) is 35.3. The van der Waals surface area contributed by atoms with Crippen LogP contribution < -0.4 is 9.47 Å². The Morgan fingerprint density at radius 2 is 1.87 bits per heavy atom. The van der Waals surface area contributed by atoms with Crippen LogP contribution in [-0.2, 0) is 0 Å². The number of benzene rings is 2. The van der Waals surface area contributed by atoms with Crippen LogP contribution in [0.1, 0.15) is 35.0 Å². The molecule has 4 aliphatic heterocycles. The Hall–Kier alpha value is -4.00. The standard InChI is InChI=1S/C24H17N3O4/c1-2-5-17-24(29)27-18(23(28)26-17)11-15-14-6-3-4-7-16(14)25-21(15)22(27)13-8-9-19-20(10-13)31-12-30-19/h3-4,6-11H,2,5,12H2,1H3. The molecule has 0 fully saturated rings. The molecular formula is C24H17N3O4. The van der Waals surface area contributed by atoms with Crippen molar-refractivity contribution in [1.29, 1.82) is 0 Å². The molecular weight excluding hydrogens is 394 g/mol. The number of hydrogen-bond acceptors (Lipinski definition) is 5. The first-order valence-electron chi connectivity index (χ1n) is 10.2. The lowest BCUT2D eigenvalue weighted by atomic mass is 9.98. The average molecular weight is 411 g/mol. The van der Waals surface area contributed by atoms with Gasteiger partial charge in [0.2, 0.25) is 6.79 Å². The second-order valence-corrected chi connectivity index (χ2v) is 7.59. The van der Waals surface area contributed by atoms with Gasteiger partial charge in [0.25, 0.3) is 11.8 Å². The highest BCUT2D eigenvalue weighted by atomic mass is 16.7. The Bertz CT molecular complexity index is 1420. The van der Waals surface area contributed by atoms with Gasteiger partial charge in [-0.15, -0.1) is 0 Å². The van der Waals surface area contributed by atoms with Crippen LogP contribution in [0, 0.1) is 0 Å². The molecule has 6 rings (SSSR count). The van der Waals surface area contributed by atoms with Gasteiger partial charge in [-0.2, -0.15) is 0 Å². The number of carbonyl (C=O) groups excluding carboxylic acids is 2. The number of fused-ring (bicyclic) bond motifs is 5. The number of carbonyl (C=O) groups is 2. The number of nitrogens with zero attached hydrogens (tertiary/aromatic N) is 3. The van der Waals surface area contributed by atoms with Gasteiger partial charge in [0.15, 0.2) is 11.5 Å². The van der Waals surface area contributed by atoms with Gasteiger partial charge in [0.1, 0.15) is 11.4 Å². The molecule has 0 spiro atoms. The van der Waals surface area contributed by atoms with Crippen molar-refractivity contribution in [2.45, 2.75) is 19.8 Å². The van der Waals surface area contributed by atoms with Crippen molar-refractivity contribution in [2.24, 2.45) is 4.99 Å². The van der Waals surface area contributed by atoms with E-state index in [1.807, 2.05) is 49.4 Å². The third-order valence-electron chi connectivity index (χ3n) is 5.69. The van der Waals surface area contributed by atoms with E-state index >= 15 is 0 Å². The molecule has 7 nitrogen and oxygen atoms in total. The Kier molecular flexibility index (Phi) is 3.74. The van der Waals surface area contributed by atoms with Crippen molar-refractivity contribution >= 4 is 28.4 Å². The number of para-hydroxylation sites is 1. The summed E-state index contributed by atoms with van der Waals surface area (Å²) in [6.45, 7) is 2.10. The molecule has 0 radical (unpaired) electrons. The second-order valence-electron chi connectivity index (χ2n) is 7.59. The maximum Gasteiger partial charge on any atom is 0.294 e. The van der Waals surface area contributed by atoms with E-state index in [0.717, 1.165) is 22.0 Å². The summed E-state index contributed by atoms with van der Waals surface area (Å²) >= 11 is 0. The summed E-state index contributed by atoms with van der Waals surface area (Å²) < 4.78 is 12.5. The summed E-state index contributed by atoms with van der Waals surface area (Å²) in [7, 11) is 0. The Morgan fingerprint density at radius 3 is 2.74 bits per heavy atom. The fourth-order valence-electron chi connectivity index (χ4n) is 4.30. The van der Waals surface area contributed by atoms with Crippen LogP contribution in [0.25, 0.3) is 33.4 Å². The Morgan fingerprint density at radius 1 is 1.03 bits per heavy atom. The smallest absolute Gasteiger partial charge is 0.294 e. The van der Waals surface area contributed by atoms with Gasteiger partial charge in [-0.1, -0.05) is 31.5 Å². The van der Waals surface area contributed by atoms with Crippen LogP contribution >= 0.6 is 0 Å². The van der Waals surface area contributed by atoms with Crippen LogP contribution in [0.4, 0.5) is 0 Å². The molecule has 4 heterocycles. The average Bonchev–Trinajstić information content (AvgIpc) is 3.40. The van der Waals surface area contributed by atoms with E-state index in [9.17, 15) is 9.59 Å². The minimum atomic E-state index is -0.419. The highest BCUT2D eigenvalue weighted by molar-refractivity contribution is 6.44. The highest BCUT2D eigenvalue weighted by Gasteiger charge is 2.33. The highest BCUT2D eigenvalue weighted by Crippen LogP contribution is 2.43. The minimum Gasteiger partial charge on any atom is -0.454 e. The molecule has 1 amide bonds. The van der Waals surface area contributed by atoms with E-state index in [0.29, 0.717) is 35.7 Å². The number of aliphatic imine (C=N–C) groups is 1. The summed E-state index contributed by atoms with van der Waals surface area (Å²) in [6, 6.07) is 15.0. The van der Waals surface area contributed by atoms with Gasteiger partial charge >= 0.3 is 0 Å². The lowest BCUT2D eigenvalue weighted by Crippen LogP contribution is -2.33. The molecule has 0 saturated heterocycles. The third kappa shape index (κ3) is 2.53.